The normalized spacial score (nSPS) is 10.8. The van der Waals surface area contributed by atoms with Crippen LogP contribution in [0.3, 0.4) is 0 Å². The largest absolute Gasteiger partial charge is 0.296 e. The number of hydrogen-bond acceptors (Lipinski definition) is 7. The van der Waals surface area contributed by atoms with Crippen molar-refractivity contribution in [2.75, 3.05) is 5.32 Å². The van der Waals surface area contributed by atoms with Crippen molar-refractivity contribution in [1.29, 1.82) is 0 Å². The van der Waals surface area contributed by atoms with Gasteiger partial charge in [0, 0.05) is 28.6 Å². The Hall–Kier alpha value is -2.49. The minimum atomic E-state index is -0.206. The fourth-order valence-corrected chi connectivity index (χ4v) is 4.72. The summed E-state index contributed by atoms with van der Waals surface area (Å²) in [7, 11) is 0. The summed E-state index contributed by atoms with van der Waals surface area (Å²) in [5.74, 6) is 0.651. The smallest absolute Gasteiger partial charge is 0.257 e. The molecule has 0 bridgehead atoms. The van der Waals surface area contributed by atoms with E-state index in [1.807, 2.05) is 30.5 Å². The summed E-state index contributed by atoms with van der Waals surface area (Å²) in [6.07, 6.45) is 3.57. The Balaban J connectivity index is 1.37. The van der Waals surface area contributed by atoms with Gasteiger partial charge in [0.15, 0.2) is 4.34 Å². The van der Waals surface area contributed by atoms with Crippen molar-refractivity contribution in [3.8, 4) is 5.69 Å². The van der Waals surface area contributed by atoms with Gasteiger partial charge in [0.1, 0.15) is 0 Å². The summed E-state index contributed by atoms with van der Waals surface area (Å²) in [6, 6.07) is 13.2. The second-order valence-electron chi connectivity index (χ2n) is 5.19. The topological polar surface area (TPSA) is 72.7 Å². The highest BCUT2D eigenvalue weighted by atomic mass is 32.2. The SMILES string of the molecule is O=C(Nc1nnc(SCc2cccs2)s1)c1ccc(-n2cccn2)cc1. The Morgan fingerprint density at radius 2 is 2.04 bits per heavy atom. The maximum Gasteiger partial charge on any atom is 0.257 e. The molecular formula is C17H13N5OS3. The van der Waals surface area contributed by atoms with Crippen molar-refractivity contribution >= 4 is 45.5 Å². The zero-order valence-corrected chi connectivity index (χ0v) is 15.9. The summed E-state index contributed by atoms with van der Waals surface area (Å²) < 4.78 is 2.58. The number of aromatic nitrogens is 4. The van der Waals surface area contributed by atoms with E-state index in [-0.39, 0.29) is 5.91 Å². The molecule has 1 amide bonds. The average Bonchev–Trinajstić information content (AvgIpc) is 3.42. The van der Waals surface area contributed by atoms with Crippen LogP contribution in [-0.2, 0) is 5.75 Å². The molecule has 0 fully saturated rings. The van der Waals surface area contributed by atoms with Gasteiger partial charge in [0.2, 0.25) is 5.13 Å². The molecule has 4 aromatic rings. The average molecular weight is 400 g/mol. The van der Waals surface area contributed by atoms with Crippen LogP contribution in [0.25, 0.3) is 5.69 Å². The van der Waals surface area contributed by atoms with Crippen LogP contribution in [-0.4, -0.2) is 25.9 Å². The van der Waals surface area contributed by atoms with Crippen LogP contribution < -0.4 is 5.32 Å². The maximum absolute atomic E-state index is 12.4. The van der Waals surface area contributed by atoms with Crippen LogP contribution in [0, 0.1) is 0 Å². The number of benzene rings is 1. The van der Waals surface area contributed by atoms with Crippen molar-refractivity contribution < 1.29 is 4.79 Å². The molecule has 0 radical (unpaired) electrons. The molecule has 0 spiro atoms. The van der Waals surface area contributed by atoms with Gasteiger partial charge in [-0.1, -0.05) is 29.2 Å². The summed E-state index contributed by atoms with van der Waals surface area (Å²) in [5, 5.41) is 17.7. The first-order valence-corrected chi connectivity index (χ1v) is 10.4. The van der Waals surface area contributed by atoms with E-state index < -0.39 is 0 Å². The zero-order chi connectivity index (χ0) is 17.8. The molecule has 3 heterocycles. The lowest BCUT2D eigenvalue weighted by Crippen LogP contribution is -2.11. The molecule has 0 saturated heterocycles. The lowest BCUT2D eigenvalue weighted by molar-refractivity contribution is 0.102. The van der Waals surface area contributed by atoms with Gasteiger partial charge in [-0.15, -0.1) is 21.5 Å². The van der Waals surface area contributed by atoms with Crippen LogP contribution in [0.5, 0.6) is 0 Å². The van der Waals surface area contributed by atoms with Crippen LogP contribution in [0.15, 0.2) is 64.6 Å². The highest BCUT2D eigenvalue weighted by Crippen LogP contribution is 2.29. The summed E-state index contributed by atoms with van der Waals surface area (Å²) in [6.45, 7) is 0. The van der Waals surface area contributed by atoms with Crippen molar-refractivity contribution in [3.63, 3.8) is 0 Å². The van der Waals surface area contributed by atoms with E-state index in [1.54, 1.807) is 46.1 Å². The monoisotopic (exact) mass is 399 g/mol. The number of anilines is 1. The van der Waals surface area contributed by atoms with E-state index >= 15 is 0 Å². The second kappa shape index (κ2) is 7.81. The standard InChI is InChI=1S/C17H13N5OS3/c23-15(12-4-6-13(7-5-12)22-9-2-8-18-22)19-16-20-21-17(26-16)25-11-14-3-1-10-24-14/h1-10H,11H2,(H,19,20,23). The lowest BCUT2D eigenvalue weighted by Gasteiger charge is -2.04. The molecule has 0 atom stereocenters. The summed E-state index contributed by atoms with van der Waals surface area (Å²) in [5.41, 5.74) is 1.46. The first-order chi connectivity index (χ1) is 12.8. The number of carbonyl (C=O) groups excluding carboxylic acids is 1. The first-order valence-electron chi connectivity index (χ1n) is 7.68. The van der Waals surface area contributed by atoms with E-state index in [2.05, 4.69) is 32.1 Å². The van der Waals surface area contributed by atoms with Crippen LogP contribution in [0.1, 0.15) is 15.2 Å². The number of nitrogens with one attached hydrogen (secondary N) is 1. The third-order valence-electron chi connectivity index (χ3n) is 3.44. The van der Waals surface area contributed by atoms with E-state index in [4.69, 9.17) is 0 Å². The fourth-order valence-electron chi connectivity index (χ4n) is 2.20. The zero-order valence-electron chi connectivity index (χ0n) is 13.4. The number of nitrogens with zero attached hydrogens (tertiary/aromatic N) is 4. The van der Waals surface area contributed by atoms with Gasteiger partial charge in [-0.25, -0.2) is 4.68 Å². The van der Waals surface area contributed by atoms with Crippen LogP contribution in [0.2, 0.25) is 0 Å². The predicted molar refractivity (Wildman–Crippen MR) is 105 cm³/mol. The predicted octanol–water partition coefficient (Wildman–Crippen LogP) is 4.33. The Morgan fingerprint density at radius 1 is 1.15 bits per heavy atom. The van der Waals surface area contributed by atoms with E-state index in [1.165, 1.54) is 16.2 Å². The highest BCUT2D eigenvalue weighted by Gasteiger charge is 2.11. The minimum absolute atomic E-state index is 0.206. The number of thioether (sulfide) groups is 1. The minimum Gasteiger partial charge on any atom is -0.296 e. The summed E-state index contributed by atoms with van der Waals surface area (Å²) >= 11 is 4.71. The van der Waals surface area contributed by atoms with Gasteiger partial charge in [0.25, 0.3) is 5.91 Å². The van der Waals surface area contributed by atoms with Gasteiger partial charge in [-0.05, 0) is 41.8 Å². The molecule has 9 heteroatoms. The van der Waals surface area contributed by atoms with Gasteiger partial charge >= 0.3 is 0 Å². The number of amides is 1. The first kappa shape index (κ1) is 17.0. The molecule has 3 aromatic heterocycles. The quantitative estimate of drug-likeness (QED) is 0.386. The van der Waals surface area contributed by atoms with E-state index in [0.717, 1.165) is 15.8 Å². The Labute approximate surface area is 161 Å². The van der Waals surface area contributed by atoms with Crippen molar-refractivity contribution in [3.05, 3.63) is 70.7 Å². The third kappa shape index (κ3) is 4.01. The third-order valence-corrected chi connectivity index (χ3v) is 6.52. The molecule has 0 aliphatic rings. The van der Waals surface area contributed by atoms with Crippen molar-refractivity contribution in [2.45, 2.75) is 10.1 Å². The van der Waals surface area contributed by atoms with Gasteiger partial charge in [-0.3, -0.25) is 10.1 Å². The Kier molecular flexibility index (Phi) is 5.09. The Bertz CT molecular complexity index is 978. The molecule has 4 rings (SSSR count). The molecule has 130 valence electrons. The van der Waals surface area contributed by atoms with Crippen molar-refractivity contribution in [2.24, 2.45) is 0 Å². The molecule has 6 nitrogen and oxygen atoms in total. The Morgan fingerprint density at radius 3 is 2.77 bits per heavy atom. The molecule has 1 aromatic carbocycles. The van der Waals surface area contributed by atoms with E-state index in [0.29, 0.717) is 10.7 Å². The molecule has 0 aliphatic heterocycles. The highest BCUT2D eigenvalue weighted by molar-refractivity contribution is 8.00. The number of thiophene rings is 1. The molecule has 0 saturated carbocycles. The van der Waals surface area contributed by atoms with Gasteiger partial charge in [0.05, 0.1) is 5.69 Å². The van der Waals surface area contributed by atoms with E-state index in [9.17, 15) is 4.79 Å². The van der Waals surface area contributed by atoms with Gasteiger partial charge < -0.3 is 0 Å². The summed E-state index contributed by atoms with van der Waals surface area (Å²) in [4.78, 5) is 13.7. The number of rotatable bonds is 6. The maximum atomic E-state index is 12.4. The van der Waals surface area contributed by atoms with Crippen LogP contribution >= 0.6 is 34.4 Å². The lowest BCUT2D eigenvalue weighted by atomic mass is 10.2. The molecule has 0 unspecified atom stereocenters. The van der Waals surface area contributed by atoms with Crippen molar-refractivity contribution in [1.82, 2.24) is 20.0 Å². The fraction of sp³-hybridized carbons (Fsp3) is 0.0588. The number of carbonyl (C=O) groups is 1. The van der Waals surface area contributed by atoms with Crippen LogP contribution in [0.4, 0.5) is 5.13 Å². The molecular weight excluding hydrogens is 386 g/mol. The van der Waals surface area contributed by atoms with Gasteiger partial charge in [-0.2, -0.15) is 5.10 Å². The number of hydrogen-bond donors (Lipinski definition) is 1. The second-order valence-corrected chi connectivity index (χ2v) is 8.43. The molecule has 0 aliphatic carbocycles. The molecule has 26 heavy (non-hydrogen) atoms. The molecule has 1 N–H and O–H groups in total.